The van der Waals surface area contributed by atoms with Gasteiger partial charge in [0.15, 0.2) is 17.5 Å². The highest BCUT2D eigenvalue weighted by molar-refractivity contribution is 5.92. The zero-order chi connectivity index (χ0) is 29.2. The van der Waals surface area contributed by atoms with Crippen molar-refractivity contribution in [1.82, 2.24) is 5.06 Å². The summed E-state index contributed by atoms with van der Waals surface area (Å²) in [6.07, 6.45) is 0.0753. The van der Waals surface area contributed by atoms with Crippen molar-refractivity contribution >= 4 is 17.7 Å². The molecule has 0 amide bonds. The van der Waals surface area contributed by atoms with Crippen molar-refractivity contribution in [3.63, 3.8) is 0 Å². The van der Waals surface area contributed by atoms with Crippen LogP contribution >= 0.6 is 0 Å². The molecule has 8 atom stereocenters. The monoisotopic (exact) mass is 551 g/mol. The number of ether oxygens (including phenoxy) is 3. The summed E-state index contributed by atoms with van der Waals surface area (Å²) in [5, 5.41) is 35.6. The highest BCUT2D eigenvalue weighted by atomic mass is 16.6. The molecule has 0 aromatic carbocycles. The lowest BCUT2D eigenvalue weighted by Crippen LogP contribution is -2.87. The summed E-state index contributed by atoms with van der Waals surface area (Å²) >= 11 is 0. The summed E-state index contributed by atoms with van der Waals surface area (Å²) in [6, 6.07) is 0. The lowest BCUT2D eigenvalue weighted by molar-refractivity contribution is -0.370. The second kappa shape index (κ2) is 9.91. The van der Waals surface area contributed by atoms with Gasteiger partial charge in [0.1, 0.15) is 11.7 Å². The number of fused-ring (bicyclic) bond motifs is 3. The van der Waals surface area contributed by atoms with Gasteiger partial charge in [-0.2, -0.15) is 5.06 Å². The Morgan fingerprint density at radius 2 is 1.74 bits per heavy atom. The lowest BCUT2D eigenvalue weighted by Gasteiger charge is -2.71. The smallest absolute Gasteiger partial charge is 0.306 e. The Kier molecular flexibility index (Phi) is 7.65. The van der Waals surface area contributed by atoms with Crippen LogP contribution in [0.5, 0.6) is 0 Å². The maximum absolute atomic E-state index is 14.1. The Balaban J connectivity index is 1.79. The fourth-order valence-corrected chi connectivity index (χ4v) is 8.39. The number of hydrogen-bond donors (Lipinski definition) is 3. The number of piperidine rings is 1. The predicted molar refractivity (Wildman–Crippen MR) is 139 cm³/mol. The van der Waals surface area contributed by atoms with Crippen LogP contribution in [0.3, 0.4) is 0 Å². The van der Waals surface area contributed by atoms with Crippen LogP contribution in [0, 0.1) is 22.7 Å². The quantitative estimate of drug-likeness (QED) is 0.345. The van der Waals surface area contributed by atoms with Gasteiger partial charge in [-0.1, -0.05) is 26.8 Å². The molecule has 0 unspecified atom stereocenters. The molecular weight excluding hydrogens is 506 g/mol. The standard InChI is InChI=1S/C29H45NO9/c1-8-26(5)16-19(32)29(35)27(6)20(38-21(33)15-18-10-13-30(36)14-11-18)9-12-25(3,4)23(27)22(34)24(37-17(2)31)28(29,7)39-26/h8,18,20,22-24,34-36H,1,9-16H2,2-7H3/t20-,22-,23-,24-,26-,27-,28+,29-/m0/s1. The van der Waals surface area contributed by atoms with Crippen LogP contribution in [0.15, 0.2) is 12.7 Å². The molecule has 0 aromatic heterocycles. The highest BCUT2D eigenvalue weighted by Gasteiger charge is 2.82. The summed E-state index contributed by atoms with van der Waals surface area (Å²) in [4.78, 5) is 39.7. The Morgan fingerprint density at radius 3 is 2.31 bits per heavy atom. The second-order valence-corrected chi connectivity index (χ2v) is 13.4. The molecule has 0 radical (unpaired) electrons. The van der Waals surface area contributed by atoms with E-state index in [4.69, 9.17) is 14.2 Å². The van der Waals surface area contributed by atoms with Crippen molar-refractivity contribution in [3.05, 3.63) is 12.7 Å². The zero-order valence-corrected chi connectivity index (χ0v) is 24.1. The first-order valence-electron chi connectivity index (χ1n) is 14.0. The molecule has 0 bridgehead atoms. The minimum Gasteiger partial charge on any atom is -0.462 e. The molecule has 4 rings (SSSR count). The highest BCUT2D eigenvalue weighted by Crippen LogP contribution is 2.67. The second-order valence-electron chi connectivity index (χ2n) is 13.4. The van der Waals surface area contributed by atoms with Gasteiger partial charge in [-0.25, -0.2) is 0 Å². The van der Waals surface area contributed by atoms with Gasteiger partial charge in [-0.15, -0.1) is 6.58 Å². The third-order valence-corrected chi connectivity index (χ3v) is 10.3. The van der Waals surface area contributed by atoms with E-state index >= 15 is 0 Å². The van der Waals surface area contributed by atoms with Crippen LogP contribution in [0.1, 0.15) is 80.1 Å². The van der Waals surface area contributed by atoms with Gasteiger partial charge in [-0.05, 0) is 50.9 Å². The van der Waals surface area contributed by atoms with Crippen molar-refractivity contribution in [1.29, 1.82) is 0 Å². The van der Waals surface area contributed by atoms with Gasteiger partial charge < -0.3 is 29.6 Å². The maximum atomic E-state index is 14.1. The van der Waals surface area contributed by atoms with Crippen molar-refractivity contribution < 1.29 is 44.0 Å². The van der Waals surface area contributed by atoms with E-state index in [0.29, 0.717) is 38.8 Å². The van der Waals surface area contributed by atoms with E-state index in [9.17, 15) is 29.8 Å². The fraction of sp³-hybridized carbons (Fsp3) is 0.828. The maximum Gasteiger partial charge on any atom is 0.306 e. The van der Waals surface area contributed by atoms with E-state index in [1.165, 1.54) is 25.0 Å². The molecule has 10 nitrogen and oxygen atoms in total. The van der Waals surface area contributed by atoms with Crippen LogP contribution in [0.2, 0.25) is 0 Å². The molecular formula is C29H45NO9. The number of aliphatic hydroxyl groups excluding tert-OH is 1. The number of rotatable bonds is 5. The summed E-state index contributed by atoms with van der Waals surface area (Å²) in [6.45, 7) is 14.7. The molecule has 2 saturated heterocycles. The average molecular weight is 552 g/mol. The number of aliphatic hydroxyl groups is 2. The molecule has 0 aromatic rings. The first kappa shape index (κ1) is 30.1. The summed E-state index contributed by atoms with van der Waals surface area (Å²) < 4.78 is 18.2. The van der Waals surface area contributed by atoms with Gasteiger partial charge in [0, 0.05) is 44.2 Å². The molecule has 0 spiro atoms. The van der Waals surface area contributed by atoms with Gasteiger partial charge >= 0.3 is 11.9 Å². The van der Waals surface area contributed by atoms with Gasteiger partial charge in [0.2, 0.25) is 0 Å². The van der Waals surface area contributed by atoms with E-state index in [2.05, 4.69) is 6.58 Å². The topological polar surface area (TPSA) is 143 Å². The van der Waals surface area contributed by atoms with E-state index in [0.717, 1.165) is 0 Å². The molecule has 2 saturated carbocycles. The van der Waals surface area contributed by atoms with E-state index < -0.39 is 69.6 Å². The van der Waals surface area contributed by atoms with Crippen molar-refractivity contribution in [2.24, 2.45) is 22.7 Å². The van der Waals surface area contributed by atoms with Gasteiger partial charge in [0.25, 0.3) is 0 Å². The third-order valence-electron chi connectivity index (χ3n) is 10.3. The van der Waals surface area contributed by atoms with Crippen LogP contribution < -0.4 is 0 Å². The van der Waals surface area contributed by atoms with Crippen LogP contribution in [-0.2, 0) is 28.6 Å². The molecule has 4 aliphatic rings. The number of carbonyl (C=O) groups excluding carboxylic acids is 3. The Hall–Kier alpha value is -1.85. The van der Waals surface area contributed by atoms with E-state index in [1.54, 1.807) is 13.8 Å². The molecule has 2 aliphatic heterocycles. The number of esters is 2. The van der Waals surface area contributed by atoms with Crippen LogP contribution in [0.25, 0.3) is 0 Å². The number of hydrogen-bond acceptors (Lipinski definition) is 10. The van der Waals surface area contributed by atoms with Crippen LogP contribution in [-0.4, -0.2) is 86.4 Å². The van der Waals surface area contributed by atoms with Gasteiger partial charge in [-0.3, -0.25) is 14.4 Å². The molecule has 2 aliphatic carbocycles. The van der Waals surface area contributed by atoms with Crippen molar-refractivity contribution in [2.75, 3.05) is 13.1 Å². The first-order chi connectivity index (χ1) is 17.9. The molecule has 4 fully saturated rings. The summed E-state index contributed by atoms with van der Waals surface area (Å²) in [5.41, 5.74) is -7.40. The largest absolute Gasteiger partial charge is 0.462 e. The summed E-state index contributed by atoms with van der Waals surface area (Å²) in [7, 11) is 0. The zero-order valence-electron chi connectivity index (χ0n) is 24.1. The molecule has 10 heteroatoms. The minimum atomic E-state index is -2.27. The summed E-state index contributed by atoms with van der Waals surface area (Å²) in [5.74, 6) is -2.39. The van der Waals surface area contributed by atoms with Crippen molar-refractivity contribution in [2.45, 2.75) is 115 Å². The first-order valence-corrected chi connectivity index (χ1v) is 14.0. The average Bonchev–Trinajstić information content (AvgIpc) is 2.83. The predicted octanol–water partition coefficient (Wildman–Crippen LogP) is 2.56. The van der Waals surface area contributed by atoms with Crippen molar-refractivity contribution in [3.8, 4) is 0 Å². The Labute approximate surface area is 230 Å². The van der Waals surface area contributed by atoms with Gasteiger partial charge in [0.05, 0.1) is 11.7 Å². The number of carbonyl (C=O) groups is 3. The van der Waals surface area contributed by atoms with E-state index in [-0.39, 0.29) is 18.8 Å². The molecule has 3 N–H and O–H groups in total. The molecule has 220 valence electrons. The van der Waals surface area contributed by atoms with Crippen LogP contribution in [0.4, 0.5) is 0 Å². The Bertz CT molecular complexity index is 1020. The minimum absolute atomic E-state index is 0.0520. The third kappa shape index (κ3) is 4.56. The number of Topliss-reactive ketones (excluding diaryl/α,β-unsaturated/α-hetero) is 1. The fourth-order valence-electron chi connectivity index (χ4n) is 8.39. The molecule has 39 heavy (non-hydrogen) atoms. The Morgan fingerprint density at radius 1 is 1.13 bits per heavy atom. The number of hydroxylamine groups is 2. The normalized spacial score (nSPS) is 44.6. The number of nitrogens with zero attached hydrogens (tertiary/aromatic N) is 1. The number of ketones is 1. The van der Waals surface area contributed by atoms with E-state index in [1.807, 2.05) is 13.8 Å². The molecule has 2 heterocycles. The SMILES string of the molecule is C=C[C@@]1(C)CC(=O)[C@]2(O)[C@@]3(C)[C@@H](OC(=O)CC4CCN(O)CC4)CCC(C)(C)[C@@H]3[C@H](O)[C@H](OC(C)=O)[C@@]2(C)O1. The lowest BCUT2D eigenvalue weighted by atomic mass is 9.39.